The number of nitrogens with one attached hydrogen (secondary N) is 1. The van der Waals surface area contributed by atoms with Crippen molar-refractivity contribution < 1.29 is 9.68 Å². The number of hydrogen-bond donors (Lipinski definition) is 1. The molecule has 2 aliphatic rings. The Bertz CT molecular complexity index is 330. The van der Waals surface area contributed by atoms with E-state index in [-0.39, 0.29) is 12.3 Å². The molecule has 1 N–H and O–H groups in total. The first-order valence-corrected chi connectivity index (χ1v) is 5.80. The number of piperidine rings is 1. The topological polar surface area (TPSA) is 33.7 Å². The van der Waals surface area contributed by atoms with Crippen LogP contribution in [0.5, 0.6) is 0 Å². The molecule has 2 unspecified atom stereocenters. The van der Waals surface area contributed by atoms with E-state index in [1.54, 1.807) is 5.23 Å². The zero-order valence-electron chi connectivity index (χ0n) is 9.13. The SMILES string of the molecule is c1ccc(CN2OC3CCCNC3O2)cc1. The highest BCUT2D eigenvalue weighted by Crippen LogP contribution is 2.24. The van der Waals surface area contributed by atoms with Crippen molar-refractivity contribution in [2.24, 2.45) is 0 Å². The van der Waals surface area contributed by atoms with Crippen molar-refractivity contribution in [1.82, 2.24) is 10.5 Å². The Morgan fingerprint density at radius 3 is 2.94 bits per heavy atom. The summed E-state index contributed by atoms with van der Waals surface area (Å²) in [4.78, 5) is 11.4. The van der Waals surface area contributed by atoms with Gasteiger partial charge in [-0.25, -0.2) is 0 Å². The molecule has 86 valence electrons. The molecule has 0 saturated carbocycles. The van der Waals surface area contributed by atoms with Crippen molar-refractivity contribution in [3.8, 4) is 0 Å². The first kappa shape index (κ1) is 10.2. The van der Waals surface area contributed by atoms with Gasteiger partial charge in [-0.05, 0) is 24.9 Å². The standard InChI is InChI=1S/C12H16N2O2/c1-2-5-10(6-3-1)9-14-15-11-7-4-8-13-12(11)16-14/h1-3,5-6,11-13H,4,7-9H2. The summed E-state index contributed by atoms with van der Waals surface area (Å²) in [7, 11) is 0. The van der Waals surface area contributed by atoms with Crippen LogP contribution >= 0.6 is 0 Å². The van der Waals surface area contributed by atoms with E-state index >= 15 is 0 Å². The third kappa shape index (κ3) is 2.10. The Labute approximate surface area is 95.1 Å². The van der Waals surface area contributed by atoms with E-state index < -0.39 is 0 Å². The molecule has 0 aromatic heterocycles. The van der Waals surface area contributed by atoms with Gasteiger partial charge in [-0.1, -0.05) is 35.6 Å². The zero-order valence-corrected chi connectivity index (χ0v) is 9.13. The fraction of sp³-hybridized carbons (Fsp3) is 0.500. The second kappa shape index (κ2) is 4.51. The molecule has 3 rings (SSSR count). The van der Waals surface area contributed by atoms with Crippen LogP contribution in [-0.4, -0.2) is 24.1 Å². The number of rotatable bonds is 2. The number of nitrogens with zero attached hydrogens (tertiary/aromatic N) is 1. The minimum Gasteiger partial charge on any atom is -0.288 e. The predicted molar refractivity (Wildman–Crippen MR) is 59.0 cm³/mol. The zero-order chi connectivity index (χ0) is 10.8. The fourth-order valence-corrected chi connectivity index (χ4v) is 2.15. The molecule has 1 aromatic rings. The van der Waals surface area contributed by atoms with E-state index in [1.807, 2.05) is 18.2 Å². The summed E-state index contributed by atoms with van der Waals surface area (Å²) >= 11 is 0. The van der Waals surface area contributed by atoms with Gasteiger partial charge in [-0.15, -0.1) is 0 Å². The van der Waals surface area contributed by atoms with Crippen LogP contribution in [0.2, 0.25) is 0 Å². The van der Waals surface area contributed by atoms with Gasteiger partial charge < -0.3 is 0 Å². The van der Waals surface area contributed by atoms with Gasteiger partial charge in [0.1, 0.15) is 6.10 Å². The minimum absolute atomic E-state index is 0.0393. The smallest absolute Gasteiger partial charge is 0.161 e. The lowest BCUT2D eigenvalue weighted by atomic mass is 10.1. The Morgan fingerprint density at radius 1 is 1.25 bits per heavy atom. The average Bonchev–Trinajstić information content (AvgIpc) is 2.72. The average molecular weight is 220 g/mol. The molecule has 0 bridgehead atoms. The molecule has 1 aromatic carbocycles. The molecule has 2 atom stereocenters. The summed E-state index contributed by atoms with van der Waals surface area (Å²) in [6.45, 7) is 1.69. The monoisotopic (exact) mass is 220 g/mol. The second-order valence-electron chi connectivity index (χ2n) is 4.24. The molecular weight excluding hydrogens is 204 g/mol. The lowest BCUT2D eigenvalue weighted by Gasteiger charge is -2.21. The van der Waals surface area contributed by atoms with Crippen molar-refractivity contribution in [2.45, 2.75) is 31.7 Å². The lowest BCUT2D eigenvalue weighted by Crippen LogP contribution is -2.42. The summed E-state index contributed by atoms with van der Waals surface area (Å²) in [6, 6.07) is 10.2. The van der Waals surface area contributed by atoms with Gasteiger partial charge in [0.15, 0.2) is 6.23 Å². The van der Waals surface area contributed by atoms with Crippen LogP contribution in [0, 0.1) is 0 Å². The molecule has 2 saturated heterocycles. The molecule has 2 aliphatic heterocycles. The van der Waals surface area contributed by atoms with Crippen molar-refractivity contribution in [3.05, 3.63) is 35.9 Å². The van der Waals surface area contributed by atoms with Crippen LogP contribution in [-0.2, 0) is 16.2 Å². The summed E-state index contributed by atoms with van der Waals surface area (Å²) < 4.78 is 0. The summed E-state index contributed by atoms with van der Waals surface area (Å²) in [5.41, 5.74) is 1.20. The maximum atomic E-state index is 5.72. The molecule has 0 radical (unpaired) electrons. The van der Waals surface area contributed by atoms with Crippen molar-refractivity contribution in [1.29, 1.82) is 0 Å². The first-order valence-electron chi connectivity index (χ1n) is 5.80. The first-order chi connectivity index (χ1) is 7.92. The molecule has 2 heterocycles. The van der Waals surface area contributed by atoms with E-state index in [0.717, 1.165) is 19.4 Å². The van der Waals surface area contributed by atoms with Crippen molar-refractivity contribution in [3.63, 3.8) is 0 Å². The van der Waals surface area contributed by atoms with Crippen molar-refractivity contribution >= 4 is 0 Å². The van der Waals surface area contributed by atoms with Gasteiger partial charge in [0, 0.05) is 0 Å². The van der Waals surface area contributed by atoms with Crippen LogP contribution in [0.15, 0.2) is 30.3 Å². The van der Waals surface area contributed by atoms with Gasteiger partial charge in [0.05, 0.1) is 6.54 Å². The number of hydrogen-bond acceptors (Lipinski definition) is 4. The maximum absolute atomic E-state index is 5.72. The van der Waals surface area contributed by atoms with Crippen LogP contribution in [0.1, 0.15) is 18.4 Å². The second-order valence-corrected chi connectivity index (χ2v) is 4.24. The van der Waals surface area contributed by atoms with Gasteiger partial charge in [-0.2, -0.15) is 0 Å². The van der Waals surface area contributed by atoms with Gasteiger partial charge in [-0.3, -0.25) is 15.0 Å². The Balaban J connectivity index is 1.61. The van der Waals surface area contributed by atoms with E-state index in [2.05, 4.69) is 17.4 Å². The molecule has 0 aliphatic carbocycles. The minimum atomic E-state index is 0.0393. The molecular formula is C12H16N2O2. The van der Waals surface area contributed by atoms with E-state index in [1.165, 1.54) is 5.56 Å². The lowest BCUT2D eigenvalue weighted by molar-refractivity contribution is -0.322. The van der Waals surface area contributed by atoms with Crippen LogP contribution < -0.4 is 5.32 Å². The fourth-order valence-electron chi connectivity index (χ4n) is 2.15. The summed E-state index contributed by atoms with van der Waals surface area (Å²) in [5, 5.41) is 4.91. The molecule has 0 amide bonds. The highest BCUT2D eigenvalue weighted by Gasteiger charge is 2.37. The van der Waals surface area contributed by atoms with Gasteiger partial charge >= 0.3 is 0 Å². The quantitative estimate of drug-likeness (QED) is 0.817. The Kier molecular flexibility index (Phi) is 2.88. The molecule has 4 heteroatoms. The molecule has 2 fully saturated rings. The van der Waals surface area contributed by atoms with Crippen LogP contribution in [0.4, 0.5) is 0 Å². The molecule has 4 nitrogen and oxygen atoms in total. The van der Waals surface area contributed by atoms with Gasteiger partial charge in [0.2, 0.25) is 0 Å². The Hall–Kier alpha value is -0.940. The van der Waals surface area contributed by atoms with Crippen LogP contribution in [0.25, 0.3) is 0 Å². The van der Waals surface area contributed by atoms with E-state index in [9.17, 15) is 0 Å². The third-order valence-corrected chi connectivity index (χ3v) is 2.99. The molecule has 16 heavy (non-hydrogen) atoms. The highest BCUT2D eigenvalue weighted by molar-refractivity contribution is 5.13. The van der Waals surface area contributed by atoms with Crippen molar-refractivity contribution in [2.75, 3.05) is 6.54 Å². The number of hydroxylamine groups is 2. The van der Waals surface area contributed by atoms with E-state index in [0.29, 0.717) is 6.54 Å². The predicted octanol–water partition coefficient (Wildman–Crippen LogP) is 1.44. The Morgan fingerprint density at radius 2 is 2.12 bits per heavy atom. The molecule has 0 spiro atoms. The number of fused-ring (bicyclic) bond motifs is 1. The van der Waals surface area contributed by atoms with Crippen LogP contribution in [0.3, 0.4) is 0 Å². The summed E-state index contributed by atoms with van der Waals surface area (Å²) in [5.74, 6) is 0. The number of benzene rings is 1. The highest BCUT2D eigenvalue weighted by atomic mass is 17.0. The maximum Gasteiger partial charge on any atom is 0.161 e. The third-order valence-electron chi connectivity index (χ3n) is 2.99. The normalized spacial score (nSPS) is 30.2. The largest absolute Gasteiger partial charge is 0.288 e. The summed E-state index contributed by atoms with van der Waals surface area (Å²) in [6.07, 6.45) is 2.45. The van der Waals surface area contributed by atoms with E-state index in [4.69, 9.17) is 9.68 Å². The van der Waals surface area contributed by atoms with Gasteiger partial charge in [0.25, 0.3) is 0 Å².